The molecule has 0 radical (unpaired) electrons. The van der Waals surface area contributed by atoms with Crippen molar-refractivity contribution in [1.29, 1.82) is 0 Å². The molecular weight excluding hydrogens is 192 g/mol. The number of benzene rings is 1. The van der Waals surface area contributed by atoms with Crippen LogP contribution >= 0.6 is 0 Å². The number of guanidine groups is 1. The van der Waals surface area contributed by atoms with Gasteiger partial charge in [0.15, 0.2) is 5.96 Å². The van der Waals surface area contributed by atoms with Gasteiger partial charge in [0.2, 0.25) is 0 Å². The lowest BCUT2D eigenvalue weighted by Crippen LogP contribution is -2.22. The fraction of sp³-hybridized carbons (Fsp3) is 0.300. The molecule has 0 aliphatic carbocycles. The molecule has 1 rings (SSSR count). The number of hydrogen-bond acceptors (Lipinski definition) is 3. The SMILES string of the molecule is CN=C(N)Nc1ccc(OC)c(CN)c1. The quantitative estimate of drug-likeness (QED) is 0.499. The number of ether oxygens (including phenoxy) is 1. The third-order valence-corrected chi connectivity index (χ3v) is 2.01. The molecule has 0 heterocycles. The lowest BCUT2D eigenvalue weighted by molar-refractivity contribution is 0.410. The van der Waals surface area contributed by atoms with Gasteiger partial charge in [0, 0.05) is 24.8 Å². The van der Waals surface area contributed by atoms with Crippen LogP contribution in [0.1, 0.15) is 5.56 Å². The van der Waals surface area contributed by atoms with Crippen LogP contribution in [0.3, 0.4) is 0 Å². The van der Waals surface area contributed by atoms with Gasteiger partial charge in [0.25, 0.3) is 0 Å². The normalized spacial score (nSPS) is 11.3. The molecule has 0 unspecified atom stereocenters. The van der Waals surface area contributed by atoms with Crippen LogP contribution in [0.2, 0.25) is 0 Å². The highest BCUT2D eigenvalue weighted by Gasteiger charge is 2.02. The number of aliphatic imine (C=N–C) groups is 1. The van der Waals surface area contributed by atoms with Crippen LogP contribution in [0.15, 0.2) is 23.2 Å². The zero-order valence-corrected chi connectivity index (χ0v) is 8.95. The molecule has 5 heteroatoms. The molecule has 0 spiro atoms. The Morgan fingerprint density at radius 3 is 2.80 bits per heavy atom. The molecule has 0 aliphatic heterocycles. The maximum atomic E-state index is 5.59. The van der Waals surface area contributed by atoms with Crippen molar-refractivity contribution in [3.63, 3.8) is 0 Å². The molecule has 82 valence electrons. The summed E-state index contributed by atoms with van der Waals surface area (Å²) in [5.41, 5.74) is 12.9. The average Bonchev–Trinajstić information content (AvgIpc) is 2.28. The maximum absolute atomic E-state index is 5.59. The van der Waals surface area contributed by atoms with E-state index in [0.29, 0.717) is 12.5 Å². The fourth-order valence-corrected chi connectivity index (χ4v) is 1.22. The zero-order chi connectivity index (χ0) is 11.3. The second-order valence-electron chi connectivity index (χ2n) is 2.96. The molecule has 0 bridgehead atoms. The van der Waals surface area contributed by atoms with Crippen molar-refractivity contribution in [3.05, 3.63) is 23.8 Å². The molecule has 15 heavy (non-hydrogen) atoms. The summed E-state index contributed by atoms with van der Waals surface area (Å²) in [7, 11) is 3.24. The van der Waals surface area contributed by atoms with Gasteiger partial charge in [-0.25, -0.2) is 0 Å². The third kappa shape index (κ3) is 2.85. The van der Waals surface area contributed by atoms with E-state index in [4.69, 9.17) is 16.2 Å². The number of rotatable bonds is 3. The second kappa shape index (κ2) is 5.21. The van der Waals surface area contributed by atoms with Crippen LogP contribution in [0, 0.1) is 0 Å². The Balaban J connectivity index is 2.93. The van der Waals surface area contributed by atoms with Gasteiger partial charge < -0.3 is 21.5 Å². The van der Waals surface area contributed by atoms with Gasteiger partial charge >= 0.3 is 0 Å². The fourth-order valence-electron chi connectivity index (χ4n) is 1.22. The van der Waals surface area contributed by atoms with Crippen molar-refractivity contribution in [2.24, 2.45) is 16.5 Å². The van der Waals surface area contributed by atoms with E-state index in [2.05, 4.69) is 10.3 Å². The summed E-state index contributed by atoms with van der Waals surface area (Å²) >= 11 is 0. The second-order valence-corrected chi connectivity index (χ2v) is 2.96. The van der Waals surface area contributed by atoms with E-state index in [1.807, 2.05) is 18.2 Å². The van der Waals surface area contributed by atoms with Gasteiger partial charge in [0.1, 0.15) is 5.75 Å². The predicted octanol–water partition coefficient (Wildman–Crippen LogP) is 0.510. The molecule has 0 saturated heterocycles. The zero-order valence-electron chi connectivity index (χ0n) is 8.95. The first-order chi connectivity index (χ1) is 7.21. The van der Waals surface area contributed by atoms with Gasteiger partial charge in [-0.15, -0.1) is 0 Å². The summed E-state index contributed by atoms with van der Waals surface area (Å²) in [4.78, 5) is 3.80. The summed E-state index contributed by atoms with van der Waals surface area (Å²) in [6.45, 7) is 0.419. The van der Waals surface area contributed by atoms with Crippen LogP contribution in [0.5, 0.6) is 5.75 Å². The Morgan fingerprint density at radius 1 is 1.53 bits per heavy atom. The van der Waals surface area contributed by atoms with E-state index < -0.39 is 0 Å². The number of methoxy groups -OCH3 is 1. The van der Waals surface area contributed by atoms with Crippen LogP contribution in [-0.2, 0) is 6.54 Å². The topological polar surface area (TPSA) is 85.7 Å². The number of nitrogens with two attached hydrogens (primary N) is 2. The first-order valence-corrected chi connectivity index (χ1v) is 4.57. The van der Waals surface area contributed by atoms with E-state index in [-0.39, 0.29) is 0 Å². The first kappa shape index (κ1) is 11.3. The molecular formula is C10H16N4O. The molecule has 0 aromatic heterocycles. The largest absolute Gasteiger partial charge is 0.496 e. The van der Waals surface area contributed by atoms with E-state index in [0.717, 1.165) is 17.0 Å². The van der Waals surface area contributed by atoms with Gasteiger partial charge in [-0.2, -0.15) is 0 Å². The number of anilines is 1. The average molecular weight is 208 g/mol. The van der Waals surface area contributed by atoms with Crippen LogP contribution in [-0.4, -0.2) is 20.1 Å². The summed E-state index contributed by atoms with van der Waals surface area (Å²) in [6.07, 6.45) is 0. The van der Waals surface area contributed by atoms with Crippen molar-refractivity contribution in [1.82, 2.24) is 0 Å². The van der Waals surface area contributed by atoms with Gasteiger partial charge in [-0.05, 0) is 18.2 Å². The maximum Gasteiger partial charge on any atom is 0.192 e. The molecule has 5 nitrogen and oxygen atoms in total. The standard InChI is InChI=1S/C10H16N4O/c1-13-10(12)14-8-3-4-9(15-2)7(5-8)6-11/h3-5H,6,11H2,1-2H3,(H3,12,13,14). The molecule has 1 aromatic carbocycles. The lowest BCUT2D eigenvalue weighted by atomic mass is 10.2. The summed E-state index contributed by atoms with van der Waals surface area (Å²) in [5, 5.41) is 2.93. The molecule has 5 N–H and O–H groups in total. The van der Waals surface area contributed by atoms with Crippen molar-refractivity contribution in [3.8, 4) is 5.75 Å². The van der Waals surface area contributed by atoms with Gasteiger partial charge in [-0.1, -0.05) is 0 Å². The Labute approximate surface area is 89.1 Å². The summed E-state index contributed by atoms with van der Waals surface area (Å²) < 4.78 is 5.15. The minimum atomic E-state index is 0.364. The Kier molecular flexibility index (Phi) is 3.93. The van der Waals surface area contributed by atoms with E-state index in [1.165, 1.54) is 0 Å². The van der Waals surface area contributed by atoms with Crippen LogP contribution < -0.4 is 21.5 Å². The molecule has 0 aliphatic rings. The van der Waals surface area contributed by atoms with Crippen molar-refractivity contribution in [2.45, 2.75) is 6.54 Å². The van der Waals surface area contributed by atoms with Crippen molar-refractivity contribution >= 4 is 11.6 Å². The van der Waals surface area contributed by atoms with Gasteiger partial charge in [-0.3, -0.25) is 4.99 Å². The van der Waals surface area contributed by atoms with Crippen LogP contribution in [0.25, 0.3) is 0 Å². The Bertz CT molecular complexity index is 362. The summed E-state index contributed by atoms with van der Waals surface area (Å²) in [5.74, 6) is 1.14. The number of hydrogen-bond donors (Lipinski definition) is 3. The molecule has 0 amide bonds. The highest BCUT2D eigenvalue weighted by molar-refractivity contribution is 5.92. The molecule has 0 atom stereocenters. The third-order valence-electron chi connectivity index (χ3n) is 2.01. The smallest absolute Gasteiger partial charge is 0.192 e. The number of nitrogens with one attached hydrogen (secondary N) is 1. The van der Waals surface area contributed by atoms with E-state index in [1.54, 1.807) is 14.2 Å². The van der Waals surface area contributed by atoms with E-state index in [9.17, 15) is 0 Å². The molecule has 0 fully saturated rings. The molecule has 0 saturated carbocycles. The van der Waals surface area contributed by atoms with Gasteiger partial charge in [0.05, 0.1) is 7.11 Å². The van der Waals surface area contributed by atoms with Crippen molar-refractivity contribution in [2.75, 3.05) is 19.5 Å². The highest BCUT2D eigenvalue weighted by Crippen LogP contribution is 2.21. The number of nitrogens with zero attached hydrogens (tertiary/aromatic N) is 1. The Hall–Kier alpha value is -1.75. The Morgan fingerprint density at radius 2 is 2.27 bits per heavy atom. The lowest BCUT2D eigenvalue weighted by Gasteiger charge is -2.10. The minimum absolute atomic E-state index is 0.364. The monoisotopic (exact) mass is 208 g/mol. The summed E-state index contributed by atoms with van der Waals surface area (Å²) in [6, 6.07) is 5.58. The predicted molar refractivity (Wildman–Crippen MR) is 62.1 cm³/mol. The van der Waals surface area contributed by atoms with E-state index >= 15 is 0 Å². The first-order valence-electron chi connectivity index (χ1n) is 4.57. The minimum Gasteiger partial charge on any atom is -0.496 e. The van der Waals surface area contributed by atoms with Crippen LogP contribution in [0.4, 0.5) is 5.69 Å². The highest BCUT2D eigenvalue weighted by atomic mass is 16.5. The molecule has 1 aromatic rings. The van der Waals surface area contributed by atoms with Crippen molar-refractivity contribution < 1.29 is 4.74 Å².